The van der Waals surface area contributed by atoms with E-state index in [4.69, 9.17) is 8.83 Å². The van der Waals surface area contributed by atoms with Crippen LogP contribution in [0.15, 0.2) is 82.0 Å². The molecule has 4 heterocycles. The molecule has 0 N–H and O–H groups in total. The summed E-state index contributed by atoms with van der Waals surface area (Å²) in [5.41, 5.74) is 4.02. The Morgan fingerprint density at radius 2 is 1.68 bits per heavy atom. The maximum Gasteiger partial charge on any atom is 0.266 e. The summed E-state index contributed by atoms with van der Waals surface area (Å²) in [7, 11) is 1.73. The van der Waals surface area contributed by atoms with Gasteiger partial charge in [0.1, 0.15) is 17.7 Å². The number of carbonyl (C=O) groups excluding carboxylic acids is 1. The molecule has 0 aliphatic carbocycles. The molecule has 0 aliphatic rings. The molecule has 1 amide bonds. The highest BCUT2D eigenvalue weighted by atomic mass is 16.4. The fraction of sp³-hybridized carbons (Fsp3) is 0.290. The number of aromatic nitrogens is 5. The first-order valence-corrected chi connectivity index (χ1v) is 13.4. The molecule has 1 atom stereocenters. The van der Waals surface area contributed by atoms with Crippen LogP contribution >= 0.6 is 0 Å². The molecule has 0 radical (unpaired) electrons. The fourth-order valence-electron chi connectivity index (χ4n) is 4.04. The van der Waals surface area contributed by atoms with E-state index in [1.165, 1.54) is 24.4 Å². The molecule has 0 unspecified atom stereocenters. The van der Waals surface area contributed by atoms with Crippen molar-refractivity contribution in [3.63, 3.8) is 0 Å². The second-order valence-electron chi connectivity index (χ2n) is 9.64. The molecule has 5 aromatic rings. The van der Waals surface area contributed by atoms with Crippen molar-refractivity contribution in [1.29, 1.82) is 0 Å². The first-order valence-electron chi connectivity index (χ1n) is 13.4. The summed E-state index contributed by atoms with van der Waals surface area (Å²) in [6.45, 7) is 8.56. The minimum atomic E-state index is -0.211. The summed E-state index contributed by atoms with van der Waals surface area (Å²) < 4.78 is 11.5. The van der Waals surface area contributed by atoms with Gasteiger partial charge >= 0.3 is 0 Å². The molecule has 9 heteroatoms. The lowest BCUT2D eigenvalue weighted by Gasteiger charge is -2.17. The van der Waals surface area contributed by atoms with Crippen LogP contribution in [0.3, 0.4) is 0 Å². The summed E-state index contributed by atoms with van der Waals surface area (Å²) in [5.74, 6) is 0.804. The molecule has 0 aliphatic heterocycles. The second kappa shape index (κ2) is 13.4. The maximum absolute atomic E-state index is 13.4. The molecule has 0 spiro atoms. The van der Waals surface area contributed by atoms with Gasteiger partial charge in [-0.1, -0.05) is 63.6 Å². The number of aryl methyl sites for hydroxylation is 1. The number of amides is 1. The normalized spacial score (nSPS) is 11.4. The van der Waals surface area contributed by atoms with Crippen molar-refractivity contribution in [2.45, 2.75) is 53.0 Å². The number of rotatable bonds is 8. The average Bonchev–Trinajstić information content (AvgIpc) is 3.67. The fourth-order valence-corrected chi connectivity index (χ4v) is 4.04. The number of carbonyl (C=O) groups is 1. The van der Waals surface area contributed by atoms with Crippen LogP contribution in [-0.2, 0) is 13.0 Å². The molecule has 9 nitrogen and oxygen atoms in total. The van der Waals surface area contributed by atoms with Crippen molar-refractivity contribution in [1.82, 2.24) is 30.0 Å². The van der Waals surface area contributed by atoms with E-state index in [1.807, 2.05) is 50.2 Å². The Morgan fingerprint density at radius 3 is 2.35 bits per heavy atom. The zero-order chi connectivity index (χ0) is 28.5. The van der Waals surface area contributed by atoms with E-state index in [2.05, 4.69) is 51.1 Å². The largest absolute Gasteiger partial charge is 0.443 e. The van der Waals surface area contributed by atoms with Crippen molar-refractivity contribution < 1.29 is 13.6 Å². The molecule has 0 fully saturated rings. The Bertz CT molecular complexity index is 1520. The Morgan fingerprint density at radius 1 is 0.950 bits per heavy atom. The van der Waals surface area contributed by atoms with Crippen molar-refractivity contribution in [3.8, 4) is 23.2 Å². The monoisotopic (exact) mass is 538 g/mol. The molecule has 0 saturated heterocycles. The Balaban J connectivity index is 0.00000118. The molecular weight excluding hydrogens is 504 g/mol. The van der Waals surface area contributed by atoms with Gasteiger partial charge in [0.05, 0.1) is 18.4 Å². The second-order valence-corrected chi connectivity index (χ2v) is 9.64. The number of pyridine rings is 2. The Hall–Kier alpha value is -4.66. The predicted octanol–water partition coefficient (Wildman–Crippen LogP) is 6.52. The molecule has 1 aromatic carbocycles. The van der Waals surface area contributed by atoms with E-state index in [0.29, 0.717) is 29.4 Å². The first kappa shape index (κ1) is 28.4. The predicted molar refractivity (Wildman–Crippen MR) is 152 cm³/mol. The molecule has 0 bridgehead atoms. The van der Waals surface area contributed by atoms with Crippen LogP contribution in [0.1, 0.15) is 66.3 Å². The molecule has 5 rings (SSSR count). The van der Waals surface area contributed by atoms with Crippen LogP contribution in [0, 0.1) is 6.92 Å². The number of hydrogen-bond donors (Lipinski definition) is 0. The SMILES string of the molecule is CCC.Cc1cccc(CN(C)C(=O)c2cc(-c3ncco3)nc(-c3nnc([C@@H](C)Cc4ccccc4)o3)c2)n1. The summed E-state index contributed by atoms with van der Waals surface area (Å²) >= 11 is 0. The molecular formula is C31H34N6O3. The van der Waals surface area contributed by atoms with E-state index in [1.54, 1.807) is 24.1 Å². The summed E-state index contributed by atoms with van der Waals surface area (Å²) in [6, 6.07) is 19.2. The zero-order valence-corrected chi connectivity index (χ0v) is 23.5. The van der Waals surface area contributed by atoms with Gasteiger partial charge in [-0.2, -0.15) is 0 Å². The summed E-state index contributed by atoms with van der Waals surface area (Å²) in [4.78, 5) is 28.3. The van der Waals surface area contributed by atoms with E-state index in [-0.39, 0.29) is 23.6 Å². The van der Waals surface area contributed by atoms with Crippen LogP contribution in [0.4, 0.5) is 0 Å². The molecule has 206 valence electrons. The lowest BCUT2D eigenvalue weighted by atomic mass is 10.0. The van der Waals surface area contributed by atoms with Gasteiger partial charge < -0.3 is 13.7 Å². The maximum atomic E-state index is 13.4. The van der Waals surface area contributed by atoms with E-state index >= 15 is 0 Å². The zero-order valence-electron chi connectivity index (χ0n) is 23.5. The third kappa shape index (κ3) is 7.25. The third-order valence-electron chi connectivity index (χ3n) is 5.88. The van der Waals surface area contributed by atoms with Crippen molar-refractivity contribution in [2.24, 2.45) is 0 Å². The molecule has 40 heavy (non-hydrogen) atoms. The quantitative estimate of drug-likeness (QED) is 0.219. The van der Waals surface area contributed by atoms with Crippen LogP contribution in [-0.4, -0.2) is 43.0 Å². The van der Waals surface area contributed by atoms with Gasteiger partial charge in [0, 0.05) is 24.2 Å². The highest BCUT2D eigenvalue weighted by molar-refractivity contribution is 5.95. The van der Waals surface area contributed by atoms with Gasteiger partial charge in [-0.25, -0.2) is 9.97 Å². The van der Waals surface area contributed by atoms with Crippen LogP contribution in [0.25, 0.3) is 23.2 Å². The Labute approximate surface area is 234 Å². The van der Waals surface area contributed by atoms with Gasteiger partial charge in [0.2, 0.25) is 11.8 Å². The van der Waals surface area contributed by atoms with Crippen LogP contribution < -0.4 is 0 Å². The Kier molecular flexibility index (Phi) is 9.51. The van der Waals surface area contributed by atoms with E-state index in [0.717, 1.165) is 17.8 Å². The standard InChI is InChI=1S/C28H26N6O3.C3H8/c1-18(14-20-9-5-4-6-10-20)25-32-33-27(37-25)24-16-21(15-23(31-24)26-29-12-13-36-26)28(35)34(3)17-22-11-7-8-19(2)30-22;1-3-2/h4-13,15-16,18H,14,17H2,1-3H3;3H2,1-2H3/t18-;/m0./s1. The highest BCUT2D eigenvalue weighted by Crippen LogP contribution is 2.27. The van der Waals surface area contributed by atoms with E-state index < -0.39 is 0 Å². The van der Waals surface area contributed by atoms with Gasteiger partial charge in [-0.3, -0.25) is 9.78 Å². The number of hydrogen-bond acceptors (Lipinski definition) is 8. The van der Waals surface area contributed by atoms with Crippen molar-refractivity contribution >= 4 is 5.91 Å². The summed E-state index contributed by atoms with van der Waals surface area (Å²) in [5, 5.41) is 8.48. The number of oxazole rings is 1. The molecule has 0 saturated carbocycles. The molecule has 4 aromatic heterocycles. The van der Waals surface area contributed by atoms with Gasteiger partial charge in [-0.15, -0.1) is 10.2 Å². The smallest absolute Gasteiger partial charge is 0.266 e. The van der Waals surface area contributed by atoms with Crippen molar-refractivity contribution in [2.75, 3.05) is 7.05 Å². The lowest BCUT2D eigenvalue weighted by Crippen LogP contribution is -2.27. The van der Waals surface area contributed by atoms with Crippen molar-refractivity contribution in [3.05, 3.63) is 102 Å². The van der Waals surface area contributed by atoms with Gasteiger partial charge in [-0.05, 0) is 43.2 Å². The highest BCUT2D eigenvalue weighted by Gasteiger charge is 2.21. The third-order valence-corrected chi connectivity index (χ3v) is 5.88. The van der Waals surface area contributed by atoms with Gasteiger partial charge in [0.15, 0.2) is 0 Å². The van der Waals surface area contributed by atoms with Gasteiger partial charge in [0.25, 0.3) is 11.8 Å². The minimum absolute atomic E-state index is 0.00707. The average molecular weight is 539 g/mol. The minimum Gasteiger partial charge on any atom is -0.443 e. The first-order chi connectivity index (χ1) is 19.4. The van der Waals surface area contributed by atoms with Crippen LogP contribution in [0.5, 0.6) is 0 Å². The number of nitrogens with zero attached hydrogens (tertiary/aromatic N) is 6. The number of benzene rings is 1. The van der Waals surface area contributed by atoms with Crippen LogP contribution in [0.2, 0.25) is 0 Å². The lowest BCUT2D eigenvalue weighted by molar-refractivity contribution is 0.0783. The topological polar surface area (TPSA) is 111 Å². The summed E-state index contributed by atoms with van der Waals surface area (Å²) in [6.07, 6.45) is 4.99. The van der Waals surface area contributed by atoms with E-state index in [9.17, 15) is 4.79 Å².